The molecule has 2 rings (SSSR count). The number of carbonyl (C=O) groups excluding carboxylic acids is 1. The number of alkyl halides is 3. The number of amides is 1. The van der Waals surface area contributed by atoms with Crippen molar-refractivity contribution in [3.05, 3.63) is 35.4 Å². The quantitative estimate of drug-likeness (QED) is 0.762. The molecule has 1 aliphatic heterocycles. The zero-order chi connectivity index (χ0) is 19.4. The Morgan fingerprint density at radius 1 is 1.19 bits per heavy atom. The fourth-order valence-corrected chi connectivity index (χ4v) is 3.14. The summed E-state index contributed by atoms with van der Waals surface area (Å²) < 4.78 is 40.3. The molecule has 0 spiro atoms. The maximum Gasteiger partial charge on any atom is 0.405 e. The molecule has 0 radical (unpaired) electrons. The summed E-state index contributed by atoms with van der Waals surface area (Å²) in [7, 11) is 0. The molecule has 1 aromatic rings. The van der Waals surface area contributed by atoms with Gasteiger partial charge in [-0.3, -0.25) is 9.69 Å². The van der Waals surface area contributed by atoms with Crippen LogP contribution >= 0.6 is 12.4 Å². The first-order valence-corrected chi connectivity index (χ1v) is 9.05. The molecule has 1 atom stereocenters. The van der Waals surface area contributed by atoms with Crippen molar-refractivity contribution in [1.82, 2.24) is 15.5 Å². The summed E-state index contributed by atoms with van der Waals surface area (Å²) in [4.78, 5) is 14.0. The van der Waals surface area contributed by atoms with Crippen molar-refractivity contribution in [3.8, 4) is 0 Å². The molecule has 1 amide bonds. The second kappa shape index (κ2) is 9.75. The van der Waals surface area contributed by atoms with Crippen molar-refractivity contribution >= 4 is 18.3 Å². The van der Waals surface area contributed by atoms with E-state index in [1.165, 1.54) is 4.90 Å². The van der Waals surface area contributed by atoms with Crippen LogP contribution in [0.2, 0.25) is 0 Å². The number of nitrogens with zero attached hydrogens (tertiary/aromatic N) is 1. The molecular weight excluding hydrogens is 379 g/mol. The maximum atomic E-state index is 13.4. The van der Waals surface area contributed by atoms with Gasteiger partial charge in [-0.1, -0.05) is 31.2 Å². The Labute approximate surface area is 165 Å². The fraction of sp³-hybridized carbons (Fsp3) is 0.632. The van der Waals surface area contributed by atoms with E-state index in [-0.39, 0.29) is 12.4 Å². The van der Waals surface area contributed by atoms with E-state index in [0.29, 0.717) is 26.2 Å². The first kappa shape index (κ1) is 23.7. The number of benzene rings is 1. The van der Waals surface area contributed by atoms with Crippen molar-refractivity contribution in [2.24, 2.45) is 0 Å². The first-order chi connectivity index (χ1) is 12.2. The molecule has 8 heteroatoms. The monoisotopic (exact) mass is 407 g/mol. The van der Waals surface area contributed by atoms with Crippen molar-refractivity contribution in [2.75, 3.05) is 32.7 Å². The van der Waals surface area contributed by atoms with Gasteiger partial charge in [0.25, 0.3) is 0 Å². The summed E-state index contributed by atoms with van der Waals surface area (Å²) in [6, 6.07) is 5.98. The molecule has 1 fully saturated rings. The lowest BCUT2D eigenvalue weighted by Crippen LogP contribution is -2.58. The van der Waals surface area contributed by atoms with E-state index in [1.54, 1.807) is 13.8 Å². The molecule has 2 N–H and O–H groups in total. The van der Waals surface area contributed by atoms with Gasteiger partial charge < -0.3 is 10.6 Å². The normalized spacial score (nSPS) is 17.1. The van der Waals surface area contributed by atoms with Crippen LogP contribution in [0.4, 0.5) is 13.2 Å². The highest BCUT2D eigenvalue weighted by Gasteiger charge is 2.44. The Kier molecular flexibility index (Phi) is 8.57. The van der Waals surface area contributed by atoms with E-state index in [9.17, 15) is 18.0 Å². The number of piperazine rings is 1. The Hall–Kier alpha value is -1.31. The number of aryl methyl sites for hydroxylation is 1. The molecule has 1 aliphatic rings. The molecule has 0 bridgehead atoms. The second-order valence-electron chi connectivity index (χ2n) is 7.23. The Morgan fingerprint density at radius 3 is 2.22 bits per heavy atom. The van der Waals surface area contributed by atoms with E-state index in [4.69, 9.17) is 0 Å². The average molecular weight is 408 g/mol. The molecule has 1 heterocycles. The van der Waals surface area contributed by atoms with E-state index < -0.39 is 30.1 Å². The number of rotatable bonds is 6. The number of halogens is 4. The van der Waals surface area contributed by atoms with Gasteiger partial charge in [0, 0.05) is 32.7 Å². The predicted molar refractivity (Wildman–Crippen MR) is 103 cm³/mol. The van der Waals surface area contributed by atoms with Crippen molar-refractivity contribution in [1.29, 1.82) is 0 Å². The smallest absolute Gasteiger partial charge is 0.353 e. The molecule has 4 nitrogen and oxygen atoms in total. The summed E-state index contributed by atoms with van der Waals surface area (Å²) in [6.45, 7) is 6.77. The summed E-state index contributed by atoms with van der Waals surface area (Å²) >= 11 is 0. The summed E-state index contributed by atoms with van der Waals surface area (Å²) in [5.74, 6) is -0.397. The van der Waals surface area contributed by atoms with Gasteiger partial charge in [0.1, 0.15) is 6.04 Å². The third kappa shape index (κ3) is 6.09. The Morgan fingerprint density at radius 2 is 1.74 bits per heavy atom. The molecule has 154 valence electrons. The summed E-state index contributed by atoms with van der Waals surface area (Å²) in [6.07, 6.45) is -3.48. The van der Waals surface area contributed by atoms with Crippen LogP contribution in [0.1, 0.15) is 31.9 Å². The van der Waals surface area contributed by atoms with Crippen molar-refractivity contribution in [3.63, 3.8) is 0 Å². The first-order valence-electron chi connectivity index (χ1n) is 9.05. The topological polar surface area (TPSA) is 44.4 Å². The van der Waals surface area contributed by atoms with Gasteiger partial charge in [-0.15, -0.1) is 12.4 Å². The minimum absolute atomic E-state index is 0. The van der Waals surface area contributed by atoms with Crippen molar-refractivity contribution in [2.45, 2.75) is 44.8 Å². The van der Waals surface area contributed by atoms with Gasteiger partial charge in [-0.25, -0.2) is 0 Å². The summed E-state index contributed by atoms with van der Waals surface area (Å²) in [5.41, 5.74) is 1.05. The molecule has 1 unspecified atom stereocenters. The van der Waals surface area contributed by atoms with Crippen LogP contribution in [0.5, 0.6) is 0 Å². The minimum Gasteiger partial charge on any atom is -0.353 e. The third-order valence-corrected chi connectivity index (χ3v) is 5.08. The molecule has 0 aliphatic carbocycles. The fourth-order valence-electron chi connectivity index (χ4n) is 3.14. The van der Waals surface area contributed by atoms with Crippen LogP contribution in [0.3, 0.4) is 0 Å². The zero-order valence-electron chi connectivity index (χ0n) is 16.0. The van der Waals surface area contributed by atoms with Gasteiger partial charge in [0.05, 0.1) is 5.41 Å². The number of hydrogen-bond acceptors (Lipinski definition) is 3. The molecule has 0 saturated carbocycles. The van der Waals surface area contributed by atoms with Crippen molar-refractivity contribution < 1.29 is 18.0 Å². The van der Waals surface area contributed by atoms with Gasteiger partial charge in [-0.2, -0.15) is 13.2 Å². The Bertz CT molecular complexity index is 599. The molecular formula is C19H29ClF3N3O. The molecule has 1 saturated heterocycles. The number of hydrogen-bond donors (Lipinski definition) is 2. The van der Waals surface area contributed by atoms with Crippen LogP contribution in [0.25, 0.3) is 0 Å². The number of nitrogens with one attached hydrogen (secondary N) is 2. The maximum absolute atomic E-state index is 13.4. The van der Waals surface area contributed by atoms with Crippen LogP contribution in [-0.2, 0) is 16.6 Å². The standard InChI is InChI=1S/C19H28F3N3O.ClH/c1-4-14-5-7-15(8-6-14)18(2,3)17(26)24-13-16(19(20,21)22)25-11-9-23-10-12-25;/h5-8,16,23H,4,9-13H2,1-3H3,(H,24,26);1H. The molecule has 1 aromatic carbocycles. The lowest BCUT2D eigenvalue weighted by Gasteiger charge is -2.36. The van der Waals surface area contributed by atoms with Crippen LogP contribution < -0.4 is 10.6 Å². The average Bonchev–Trinajstić information content (AvgIpc) is 2.61. The second-order valence-corrected chi connectivity index (χ2v) is 7.23. The largest absolute Gasteiger partial charge is 0.405 e. The van der Waals surface area contributed by atoms with Gasteiger partial charge in [0.15, 0.2) is 0 Å². The van der Waals surface area contributed by atoms with Crippen LogP contribution in [-0.4, -0.2) is 55.7 Å². The highest BCUT2D eigenvalue weighted by atomic mass is 35.5. The SMILES string of the molecule is CCc1ccc(C(C)(C)C(=O)NCC(N2CCNCC2)C(F)(F)F)cc1.Cl. The minimum atomic E-state index is -4.38. The lowest BCUT2D eigenvalue weighted by atomic mass is 9.83. The van der Waals surface area contributed by atoms with Crippen LogP contribution in [0.15, 0.2) is 24.3 Å². The molecule has 27 heavy (non-hydrogen) atoms. The van der Waals surface area contributed by atoms with E-state index in [2.05, 4.69) is 10.6 Å². The zero-order valence-corrected chi connectivity index (χ0v) is 16.8. The number of carbonyl (C=O) groups is 1. The van der Waals surface area contributed by atoms with Gasteiger partial charge in [-0.05, 0) is 31.4 Å². The highest BCUT2D eigenvalue weighted by molar-refractivity contribution is 5.87. The Balaban J connectivity index is 0.00000364. The molecule has 0 aromatic heterocycles. The van der Waals surface area contributed by atoms with Gasteiger partial charge in [0.2, 0.25) is 5.91 Å². The summed E-state index contributed by atoms with van der Waals surface area (Å²) in [5, 5.41) is 5.58. The van der Waals surface area contributed by atoms with E-state index >= 15 is 0 Å². The van der Waals surface area contributed by atoms with Gasteiger partial charge >= 0.3 is 6.18 Å². The van der Waals surface area contributed by atoms with E-state index in [0.717, 1.165) is 17.5 Å². The highest BCUT2D eigenvalue weighted by Crippen LogP contribution is 2.27. The van der Waals surface area contributed by atoms with Crippen LogP contribution in [0, 0.1) is 0 Å². The van der Waals surface area contributed by atoms with E-state index in [1.807, 2.05) is 31.2 Å². The third-order valence-electron chi connectivity index (χ3n) is 5.08. The predicted octanol–water partition coefficient (Wildman–Crippen LogP) is 2.90. The lowest BCUT2D eigenvalue weighted by molar-refractivity contribution is -0.184.